The van der Waals surface area contributed by atoms with Crippen LogP contribution >= 0.6 is 12.2 Å². The number of halogens is 1. The van der Waals surface area contributed by atoms with Crippen LogP contribution in [-0.2, 0) is 6.54 Å². The van der Waals surface area contributed by atoms with Gasteiger partial charge in [-0.1, -0.05) is 36.4 Å². The molecule has 0 radical (unpaired) electrons. The summed E-state index contributed by atoms with van der Waals surface area (Å²) >= 11 is 5.32. The Morgan fingerprint density at radius 1 is 1.07 bits per heavy atom. The van der Waals surface area contributed by atoms with Crippen molar-refractivity contribution in [3.05, 3.63) is 94.8 Å². The summed E-state index contributed by atoms with van der Waals surface area (Å²) in [5.41, 5.74) is 2.08. The Labute approximate surface area is 166 Å². The van der Waals surface area contributed by atoms with Crippen molar-refractivity contribution in [3.8, 4) is 5.69 Å². The van der Waals surface area contributed by atoms with Gasteiger partial charge >= 0.3 is 0 Å². The van der Waals surface area contributed by atoms with Crippen molar-refractivity contribution in [1.29, 1.82) is 0 Å². The van der Waals surface area contributed by atoms with Gasteiger partial charge in [-0.3, -0.25) is 9.36 Å². The first-order valence-electron chi connectivity index (χ1n) is 8.82. The van der Waals surface area contributed by atoms with Crippen molar-refractivity contribution in [2.75, 3.05) is 7.05 Å². The van der Waals surface area contributed by atoms with E-state index in [0.29, 0.717) is 22.7 Å². The number of fused-ring (bicyclic) bond motifs is 1. The number of nitrogens with one attached hydrogen (secondary N) is 1. The maximum atomic E-state index is 13.3. The molecule has 6 heteroatoms. The number of imidazole rings is 1. The predicted octanol–water partition coefficient (Wildman–Crippen LogP) is 5.10. The quantitative estimate of drug-likeness (QED) is 0.492. The van der Waals surface area contributed by atoms with E-state index in [1.165, 1.54) is 12.1 Å². The van der Waals surface area contributed by atoms with Crippen molar-refractivity contribution >= 4 is 28.9 Å². The molecule has 0 saturated carbocycles. The third-order valence-corrected chi connectivity index (χ3v) is 4.96. The molecule has 4 nitrogen and oxygen atoms in total. The van der Waals surface area contributed by atoms with Gasteiger partial charge in [0, 0.05) is 25.5 Å². The summed E-state index contributed by atoms with van der Waals surface area (Å²) in [4.78, 5) is 17.6. The third kappa shape index (κ3) is 3.46. The van der Waals surface area contributed by atoms with Gasteiger partial charge in [-0.25, -0.2) is 4.39 Å². The fourth-order valence-electron chi connectivity index (χ4n) is 3.25. The fraction of sp³-hybridized carbons (Fsp3) is 0.0909. The summed E-state index contributed by atoms with van der Waals surface area (Å²) < 4.78 is 15.3. The molecule has 3 aromatic carbocycles. The van der Waals surface area contributed by atoms with Gasteiger partial charge in [0.1, 0.15) is 11.5 Å². The van der Waals surface area contributed by atoms with Gasteiger partial charge in [0.05, 0.1) is 0 Å². The van der Waals surface area contributed by atoms with Crippen molar-refractivity contribution in [1.82, 2.24) is 14.5 Å². The van der Waals surface area contributed by atoms with Crippen molar-refractivity contribution < 1.29 is 9.18 Å². The molecule has 0 saturated heterocycles. The third-order valence-electron chi connectivity index (χ3n) is 4.66. The SMILES string of the molecule is CN(Cc1ccc2ccccc2c1)C(=O)c1c[nH]c(=S)n1-c1ccc(F)cc1. The number of carbonyl (C=O) groups excluding carboxylic acids is 1. The van der Waals surface area contributed by atoms with Crippen LogP contribution in [0.15, 0.2) is 72.9 Å². The van der Waals surface area contributed by atoms with E-state index in [0.717, 1.165) is 16.3 Å². The second kappa shape index (κ2) is 7.40. The number of nitrogens with zero attached hydrogens (tertiary/aromatic N) is 2. The number of amides is 1. The highest BCUT2D eigenvalue weighted by Crippen LogP contribution is 2.19. The molecule has 0 bridgehead atoms. The highest BCUT2D eigenvalue weighted by Gasteiger charge is 2.18. The molecule has 0 aliphatic heterocycles. The first-order valence-corrected chi connectivity index (χ1v) is 9.23. The molecule has 4 rings (SSSR count). The lowest BCUT2D eigenvalue weighted by Crippen LogP contribution is -2.28. The Morgan fingerprint density at radius 3 is 2.54 bits per heavy atom. The van der Waals surface area contributed by atoms with Crippen LogP contribution in [0.1, 0.15) is 16.1 Å². The van der Waals surface area contributed by atoms with Crippen LogP contribution in [0.2, 0.25) is 0 Å². The zero-order valence-electron chi connectivity index (χ0n) is 15.2. The van der Waals surface area contributed by atoms with Gasteiger partial charge in [0.2, 0.25) is 0 Å². The summed E-state index contributed by atoms with van der Waals surface area (Å²) in [6.45, 7) is 0.463. The Balaban J connectivity index is 1.62. The molecule has 28 heavy (non-hydrogen) atoms. The number of hydrogen-bond acceptors (Lipinski definition) is 2. The van der Waals surface area contributed by atoms with E-state index >= 15 is 0 Å². The van der Waals surface area contributed by atoms with Crippen molar-refractivity contribution in [2.45, 2.75) is 6.54 Å². The molecule has 0 unspecified atom stereocenters. The molecule has 1 amide bonds. The second-order valence-corrected chi connectivity index (χ2v) is 7.02. The molecule has 140 valence electrons. The molecule has 0 fully saturated rings. The van der Waals surface area contributed by atoms with E-state index in [2.05, 4.69) is 29.2 Å². The summed E-state index contributed by atoms with van der Waals surface area (Å²) in [6, 6.07) is 20.2. The van der Waals surface area contributed by atoms with E-state index in [-0.39, 0.29) is 11.7 Å². The lowest BCUT2D eigenvalue weighted by Gasteiger charge is -2.18. The van der Waals surface area contributed by atoms with Gasteiger partial charge in [0.25, 0.3) is 5.91 Å². The van der Waals surface area contributed by atoms with E-state index in [4.69, 9.17) is 12.2 Å². The summed E-state index contributed by atoms with van der Waals surface area (Å²) in [7, 11) is 1.75. The minimum absolute atomic E-state index is 0.176. The number of aromatic amines is 1. The highest BCUT2D eigenvalue weighted by atomic mass is 32.1. The zero-order valence-corrected chi connectivity index (χ0v) is 16.0. The van der Waals surface area contributed by atoms with E-state index in [1.54, 1.807) is 34.8 Å². The lowest BCUT2D eigenvalue weighted by atomic mass is 10.1. The minimum atomic E-state index is -0.341. The molecule has 1 heterocycles. The van der Waals surface area contributed by atoms with Gasteiger partial charge in [-0.2, -0.15) is 0 Å². The minimum Gasteiger partial charge on any atom is -0.336 e. The van der Waals surface area contributed by atoms with Crippen LogP contribution < -0.4 is 0 Å². The maximum Gasteiger partial charge on any atom is 0.272 e. The molecular weight excluding hydrogens is 373 g/mol. The predicted molar refractivity (Wildman–Crippen MR) is 111 cm³/mol. The smallest absolute Gasteiger partial charge is 0.272 e. The lowest BCUT2D eigenvalue weighted by molar-refractivity contribution is 0.0777. The number of benzene rings is 3. The molecule has 4 aromatic rings. The van der Waals surface area contributed by atoms with Gasteiger partial charge in [-0.15, -0.1) is 0 Å². The Morgan fingerprint density at radius 2 is 1.79 bits per heavy atom. The standard InChI is InChI=1S/C22H18FN3OS/c1-25(14-15-6-7-16-4-2-3-5-17(16)12-15)21(27)20-13-24-22(28)26(20)19-10-8-18(23)9-11-19/h2-13H,14H2,1H3,(H,24,28). The summed E-state index contributed by atoms with van der Waals surface area (Å²) in [6.07, 6.45) is 1.59. The normalized spacial score (nSPS) is 10.9. The first-order chi connectivity index (χ1) is 13.5. The Hall–Kier alpha value is -3.25. The number of hydrogen-bond donors (Lipinski definition) is 1. The Bertz CT molecular complexity index is 1210. The molecular formula is C22H18FN3OS. The molecule has 0 atom stereocenters. The first kappa shape index (κ1) is 18.1. The number of aromatic nitrogens is 2. The molecule has 0 aliphatic carbocycles. The van der Waals surface area contributed by atoms with E-state index < -0.39 is 0 Å². The molecule has 1 N–H and O–H groups in total. The van der Waals surface area contributed by atoms with Crippen LogP contribution in [0.3, 0.4) is 0 Å². The van der Waals surface area contributed by atoms with Crippen LogP contribution in [0.25, 0.3) is 16.5 Å². The fourth-order valence-corrected chi connectivity index (χ4v) is 3.51. The monoisotopic (exact) mass is 391 g/mol. The topological polar surface area (TPSA) is 41.0 Å². The number of carbonyl (C=O) groups is 1. The van der Waals surface area contributed by atoms with Crippen LogP contribution in [-0.4, -0.2) is 27.4 Å². The number of rotatable bonds is 4. The van der Waals surface area contributed by atoms with Crippen molar-refractivity contribution in [2.24, 2.45) is 0 Å². The van der Waals surface area contributed by atoms with Crippen LogP contribution in [0.5, 0.6) is 0 Å². The second-order valence-electron chi connectivity index (χ2n) is 6.63. The zero-order chi connectivity index (χ0) is 19.7. The molecule has 1 aromatic heterocycles. The summed E-state index contributed by atoms with van der Waals surface area (Å²) in [5, 5.41) is 2.30. The maximum absolute atomic E-state index is 13.3. The number of H-pyrrole nitrogens is 1. The van der Waals surface area contributed by atoms with E-state index in [1.807, 2.05) is 18.2 Å². The van der Waals surface area contributed by atoms with Crippen LogP contribution in [0, 0.1) is 10.6 Å². The highest BCUT2D eigenvalue weighted by molar-refractivity contribution is 7.71. The Kier molecular flexibility index (Phi) is 4.79. The van der Waals surface area contributed by atoms with Gasteiger partial charge < -0.3 is 9.88 Å². The summed E-state index contributed by atoms with van der Waals surface area (Å²) in [5.74, 6) is -0.517. The van der Waals surface area contributed by atoms with Crippen LogP contribution in [0.4, 0.5) is 4.39 Å². The van der Waals surface area contributed by atoms with Gasteiger partial charge in [0.15, 0.2) is 4.77 Å². The van der Waals surface area contributed by atoms with Gasteiger partial charge in [-0.05, 0) is 58.9 Å². The average molecular weight is 391 g/mol. The van der Waals surface area contributed by atoms with Crippen molar-refractivity contribution in [3.63, 3.8) is 0 Å². The average Bonchev–Trinajstić information content (AvgIpc) is 3.09. The molecule has 0 spiro atoms. The van der Waals surface area contributed by atoms with E-state index in [9.17, 15) is 9.18 Å². The molecule has 0 aliphatic rings. The largest absolute Gasteiger partial charge is 0.336 e.